The van der Waals surface area contributed by atoms with Crippen LogP contribution in [-0.2, 0) is 9.53 Å². The van der Waals surface area contributed by atoms with Gasteiger partial charge in [-0.2, -0.15) is 0 Å². The SMILES string of the molecule is CC(C)(C)OC(=O)N1CC(CC(=O)Nc2ccc(Br)cc2F)C1. The summed E-state index contributed by atoms with van der Waals surface area (Å²) in [5.74, 6) is -0.683. The average molecular weight is 387 g/mol. The highest BCUT2D eigenvalue weighted by atomic mass is 79.9. The largest absolute Gasteiger partial charge is 0.444 e. The molecule has 1 aromatic rings. The molecule has 1 heterocycles. The number of likely N-dealkylation sites (tertiary alicyclic amines) is 1. The maximum Gasteiger partial charge on any atom is 0.410 e. The molecular weight excluding hydrogens is 367 g/mol. The summed E-state index contributed by atoms with van der Waals surface area (Å²) in [6.07, 6.45) is -0.123. The molecular formula is C16H20BrFN2O3. The Labute approximate surface area is 143 Å². The fourth-order valence-electron chi connectivity index (χ4n) is 2.23. The van der Waals surface area contributed by atoms with Crippen LogP contribution in [0.3, 0.4) is 0 Å². The first-order valence-corrected chi connectivity index (χ1v) is 8.16. The molecule has 1 saturated heterocycles. The molecule has 0 aliphatic carbocycles. The van der Waals surface area contributed by atoms with E-state index in [2.05, 4.69) is 21.2 Å². The number of benzene rings is 1. The summed E-state index contributed by atoms with van der Waals surface area (Å²) in [4.78, 5) is 25.3. The molecule has 0 radical (unpaired) electrons. The number of nitrogens with one attached hydrogen (secondary N) is 1. The van der Waals surface area contributed by atoms with Crippen LogP contribution in [0.2, 0.25) is 0 Å². The summed E-state index contributed by atoms with van der Waals surface area (Å²) in [6.45, 7) is 6.38. The van der Waals surface area contributed by atoms with Crippen molar-refractivity contribution >= 4 is 33.6 Å². The first kappa shape index (κ1) is 17.7. The van der Waals surface area contributed by atoms with Crippen molar-refractivity contribution < 1.29 is 18.7 Å². The van der Waals surface area contributed by atoms with Gasteiger partial charge < -0.3 is 15.0 Å². The van der Waals surface area contributed by atoms with Gasteiger partial charge in [0.15, 0.2) is 0 Å². The van der Waals surface area contributed by atoms with Gasteiger partial charge >= 0.3 is 6.09 Å². The molecule has 1 aliphatic rings. The number of anilines is 1. The monoisotopic (exact) mass is 386 g/mol. The molecule has 0 bridgehead atoms. The molecule has 0 unspecified atom stereocenters. The highest BCUT2D eigenvalue weighted by molar-refractivity contribution is 9.10. The molecule has 2 amide bonds. The third-order valence-corrected chi connectivity index (χ3v) is 3.78. The van der Waals surface area contributed by atoms with Crippen LogP contribution in [0.5, 0.6) is 0 Å². The van der Waals surface area contributed by atoms with Crippen LogP contribution in [0.1, 0.15) is 27.2 Å². The zero-order chi connectivity index (χ0) is 17.2. The van der Waals surface area contributed by atoms with Gasteiger partial charge in [-0.25, -0.2) is 9.18 Å². The summed E-state index contributed by atoms with van der Waals surface area (Å²) in [7, 11) is 0. The van der Waals surface area contributed by atoms with Crippen LogP contribution in [-0.4, -0.2) is 35.6 Å². The maximum absolute atomic E-state index is 13.7. The second-order valence-electron chi connectivity index (χ2n) is 6.63. The number of carbonyl (C=O) groups is 2. The number of ether oxygens (including phenoxy) is 1. The zero-order valence-corrected chi connectivity index (χ0v) is 14.9. The highest BCUT2D eigenvalue weighted by Crippen LogP contribution is 2.24. The van der Waals surface area contributed by atoms with Crippen molar-refractivity contribution in [2.75, 3.05) is 18.4 Å². The molecule has 5 nitrogen and oxygen atoms in total. The Kier molecular flexibility index (Phi) is 5.29. The fraction of sp³-hybridized carbons (Fsp3) is 0.500. The number of halogens is 2. The molecule has 0 saturated carbocycles. The van der Waals surface area contributed by atoms with Gasteiger partial charge in [-0.3, -0.25) is 4.79 Å². The maximum atomic E-state index is 13.7. The van der Waals surface area contributed by atoms with E-state index in [9.17, 15) is 14.0 Å². The van der Waals surface area contributed by atoms with Crippen molar-refractivity contribution in [1.29, 1.82) is 0 Å². The number of hydrogen-bond donors (Lipinski definition) is 1. The van der Waals surface area contributed by atoms with Crippen LogP contribution in [0.25, 0.3) is 0 Å². The third-order valence-electron chi connectivity index (χ3n) is 3.29. The van der Waals surface area contributed by atoms with E-state index in [-0.39, 0.29) is 30.0 Å². The Morgan fingerprint density at radius 2 is 2.04 bits per heavy atom. The van der Waals surface area contributed by atoms with Crippen LogP contribution in [0.4, 0.5) is 14.9 Å². The van der Waals surface area contributed by atoms with Crippen molar-refractivity contribution in [2.45, 2.75) is 32.8 Å². The summed E-state index contributed by atoms with van der Waals surface area (Å²) >= 11 is 3.16. The molecule has 126 valence electrons. The van der Waals surface area contributed by atoms with E-state index in [0.717, 1.165) is 0 Å². The summed E-state index contributed by atoms with van der Waals surface area (Å²) < 4.78 is 19.5. The van der Waals surface area contributed by atoms with E-state index >= 15 is 0 Å². The minimum absolute atomic E-state index is 0.0704. The number of rotatable bonds is 3. The summed E-state index contributed by atoms with van der Waals surface area (Å²) in [5, 5.41) is 2.55. The van der Waals surface area contributed by atoms with E-state index < -0.39 is 11.4 Å². The van der Waals surface area contributed by atoms with Crippen molar-refractivity contribution in [2.24, 2.45) is 5.92 Å². The van der Waals surface area contributed by atoms with Gasteiger partial charge in [0, 0.05) is 29.9 Å². The smallest absolute Gasteiger partial charge is 0.410 e. The normalized spacial score (nSPS) is 15.1. The fourth-order valence-corrected chi connectivity index (χ4v) is 2.56. The lowest BCUT2D eigenvalue weighted by molar-refractivity contribution is -0.118. The van der Waals surface area contributed by atoms with Crippen LogP contribution in [0, 0.1) is 11.7 Å². The number of nitrogens with zero attached hydrogens (tertiary/aromatic N) is 1. The lowest BCUT2D eigenvalue weighted by Gasteiger charge is -2.39. The van der Waals surface area contributed by atoms with E-state index in [1.54, 1.807) is 11.0 Å². The van der Waals surface area contributed by atoms with Crippen LogP contribution < -0.4 is 5.32 Å². The predicted molar refractivity (Wildman–Crippen MR) is 88.6 cm³/mol. The molecule has 1 aromatic carbocycles. The standard InChI is InChI=1S/C16H20BrFN2O3/c1-16(2,3)23-15(22)20-8-10(9-20)6-14(21)19-13-5-4-11(17)7-12(13)18/h4-5,7,10H,6,8-9H2,1-3H3,(H,19,21). The Balaban J connectivity index is 1.77. The predicted octanol–water partition coefficient (Wildman–Crippen LogP) is 3.78. The van der Waals surface area contributed by atoms with E-state index in [1.807, 2.05) is 20.8 Å². The van der Waals surface area contributed by atoms with Gasteiger partial charge in [0.05, 0.1) is 5.69 Å². The van der Waals surface area contributed by atoms with Crippen LogP contribution >= 0.6 is 15.9 Å². The molecule has 1 aliphatic heterocycles. The van der Waals surface area contributed by atoms with Crippen LogP contribution in [0.15, 0.2) is 22.7 Å². The van der Waals surface area contributed by atoms with Gasteiger partial charge in [-0.15, -0.1) is 0 Å². The Morgan fingerprint density at radius 1 is 1.39 bits per heavy atom. The van der Waals surface area contributed by atoms with Gasteiger partial charge in [0.1, 0.15) is 11.4 Å². The highest BCUT2D eigenvalue weighted by Gasteiger charge is 2.34. The lowest BCUT2D eigenvalue weighted by atomic mass is 9.96. The number of hydrogen-bond acceptors (Lipinski definition) is 3. The van der Waals surface area contributed by atoms with E-state index in [4.69, 9.17) is 4.74 Å². The minimum atomic E-state index is -0.529. The molecule has 2 rings (SSSR count). The Morgan fingerprint density at radius 3 is 2.61 bits per heavy atom. The third kappa shape index (κ3) is 5.20. The zero-order valence-electron chi connectivity index (χ0n) is 13.4. The first-order valence-electron chi connectivity index (χ1n) is 7.37. The van der Waals surface area contributed by atoms with Gasteiger partial charge in [-0.05, 0) is 39.0 Å². The lowest BCUT2D eigenvalue weighted by Crippen LogP contribution is -2.52. The van der Waals surface area contributed by atoms with E-state index in [1.165, 1.54) is 12.1 Å². The molecule has 0 spiro atoms. The summed E-state index contributed by atoms with van der Waals surface area (Å²) in [6, 6.07) is 4.46. The van der Waals surface area contributed by atoms with Crippen molar-refractivity contribution in [3.63, 3.8) is 0 Å². The topological polar surface area (TPSA) is 58.6 Å². The second-order valence-corrected chi connectivity index (χ2v) is 7.54. The number of amides is 2. The summed E-state index contributed by atoms with van der Waals surface area (Å²) in [5.41, 5.74) is -0.375. The van der Waals surface area contributed by atoms with Gasteiger partial charge in [-0.1, -0.05) is 15.9 Å². The first-order chi connectivity index (χ1) is 10.6. The molecule has 7 heteroatoms. The van der Waals surface area contributed by atoms with Crippen molar-refractivity contribution in [3.05, 3.63) is 28.5 Å². The van der Waals surface area contributed by atoms with Gasteiger partial charge in [0.25, 0.3) is 0 Å². The second kappa shape index (κ2) is 6.86. The Bertz CT molecular complexity index is 610. The minimum Gasteiger partial charge on any atom is -0.444 e. The average Bonchev–Trinajstić information content (AvgIpc) is 2.34. The quantitative estimate of drug-likeness (QED) is 0.859. The Hall–Kier alpha value is -1.63. The van der Waals surface area contributed by atoms with Crippen molar-refractivity contribution in [1.82, 2.24) is 4.90 Å². The molecule has 23 heavy (non-hydrogen) atoms. The van der Waals surface area contributed by atoms with E-state index in [0.29, 0.717) is 17.6 Å². The molecule has 0 aromatic heterocycles. The molecule has 1 fully saturated rings. The van der Waals surface area contributed by atoms with Gasteiger partial charge in [0.2, 0.25) is 5.91 Å². The number of carbonyl (C=O) groups excluding carboxylic acids is 2. The van der Waals surface area contributed by atoms with Crippen molar-refractivity contribution in [3.8, 4) is 0 Å². The molecule has 1 N–H and O–H groups in total. The molecule has 0 atom stereocenters.